The molecule has 1 rings (SSSR count). The second-order valence-corrected chi connectivity index (χ2v) is 1.24. The van der Waals surface area contributed by atoms with E-state index in [4.69, 9.17) is 4.74 Å². The molecule has 0 aliphatic heterocycles. The van der Waals surface area contributed by atoms with Gasteiger partial charge in [0.25, 0.3) is 0 Å². The van der Waals surface area contributed by atoms with Crippen LogP contribution < -0.4 is 4.74 Å². The summed E-state index contributed by atoms with van der Waals surface area (Å²) in [6.45, 7) is 0. The summed E-state index contributed by atoms with van der Waals surface area (Å²) in [5, 5.41) is 0. The number of aromatic nitrogens is 2. The zero-order chi connectivity index (χ0) is 5.82. The van der Waals surface area contributed by atoms with E-state index in [1.54, 1.807) is 18.5 Å². The summed E-state index contributed by atoms with van der Waals surface area (Å²) in [5.41, 5.74) is 0. The van der Waals surface area contributed by atoms with Crippen molar-refractivity contribution >= 4 is 12.4 Å². The first-order valence-corrected chi connectivity index (χ1v) is 2.24. The number of rotatable bonds is 1. The maximum Gasteiger partial charge on any atom is 0.315 e. The van der Waals surface area contributed by atoms with Gasteiger partial charge in [-0.25, -0.2) is 9.97 Å². The van der Waals surface area contributed by atoms with Gasteiger partial charge in [0.05, 0.1) is 7.11 Å². The van der Waals surface area contributed by atoms with Gasteiger partial charge >= 0.3 is 6.01 Å². The van der Waals surface area contributed by atoms with E-state index in [1.165, 1.54) is 7.11 Å². The van der Waals surface area contributed by atoms with Crippen molar-refractivity contribution in [3.05, 3.63) is 18.5 Å². The predicted molar refractivity (Wildman–Crippen MR) is 35.8 cm³/mol. The van der Waals surface area contributed by atoms with Crippen molar-refractivity contribution in [3.63, 3.8) is 0 Å². The molecule has 9 heavy (non-hydrogen) atoms. The summed E-state index contributed by atoms with van der Waals surface area (Å²) in [5.74, 6) is 0. The Morgan fingerprint density at radius 3 is 2.22 bits per heavy atom. The first kappa shape index (κ1) is 8.17. The largest absolute Gasteiger partial charge is 0.467 e. The van der Waals surface area contributed by atoms with Gasteiger partial charge in [0.15, 0.2) is 0 Å². The molecule has 1 aromatic heterocycles. The molecule has 0 aliphatic rings. The molecule has 0 fully saturated rings. The highest BCUT2D eigenvalue weighted by Gasteiger charge is 1.84. The van der Waals surface area contributed by atoms with Gasteiger partial charge in [0.2, 0.25) is 0 Å². The van der Waals surface area contributed by atoms with E-state index in [-0.39, 0.29) is 12.4 Å². The average molecular weight is 147 g/mol. The van der Waals surface area contributed by atoms with Crippen LogP contribution in [0.3, 0.4) is 0 Å². The fourth-order valence-electron chi connectivity index (χ4n) is 0.391. The second-order valence-electron chi connectivity index (χ2n) is 1.24. The van der Waals surface area contributed by atoms with Crippen molar-refractivity contribution in [1.82, 2.24) is 9.97 Å². The highest BCUT2D eigenvalue weighted by Crippen LogP contribution is 1.92. The molecular weight excluding hydrogens is 140 g/mol. The van der Waals surface area contributed by atoms with Crippen LogP contribution in [-0.4, -0.2) is 17.1 Å². The molecule has 0 saturated carbocycles. The Morgan fingerprint density at radius 1 is 1.33 bits per heavy atom. The van der Waals surface area contributed by atoms with Crippen LogP contribution in [-0.2, 0) is 0 Å². The lowest BCUT2D eigenvalue weighted by Crippen LogP contribution is -1.87. The van der Waals surface area contributed by atoms with E-state index in [0.29, 0.717) is 6.01 Å². The van der Waals surface area contributed by atoms with Crippen molar-refractivity contribution in [1.29, 1.82) is 0 Å². The number of methoxy groups -OCH3 is 1. The zero-order valence-electron chi connectivity index (χ0n) is 4.94. The molecule has 0 spiro atoms. The molecule has 0 aromatic carbocycles. The Bertz CT molecular complexity index is 156. The first-order valence-electron chi connectivity index (χ1n) is 2.24. The molecule has 4 heteroatoms. The van der Waals surface area contributed by atoms with Gasteiger partial charge in [-0.05, 0) is 6.07 Å². The maximum absolute atomic E-state index is 4.69. The molecule has 0 unspecified atom stereocenters. The monoisotopic (exact) mass is 146 g/mol. The van der Waals surface area contributed by atoms with E-state index >= 15 is 0 Å². The summed E-state index contributed by atoms with van der Waals surface area (Å²) < 4.78 is 4.69. The van der Waals surface area contributed by atoms with Crippen molar-refractivity contribution in [2.75, 3.05) is 7.11 Å². The summed E-state index contributed by atoms with van der Waals surface area (Å²) in [7, 11) is 1.54. The minimum absolute atomic E-state index is 0. The standard InChI is InChI=1S/C5H6N2O.ClH/c1-8-5-6-3-2-4-7-5;/h2-4H,1H3;1H. The molecule has 0 bridgehead atoms. The Balaban J connectivity index is 0.000000640. The SMILES string of the molecule is COc1ncccn1.Cl. The van der Waals surface area contributed by atoms with Crippen LogP contribution >= 0.6 is 12.4 Å². The smallest absolute Gasteiger partial charge is 0.315 e. The van der Waals surface area contributed by atoms with Gasteiger partial charge in [-0.1, -0.05) is 0 Å². The zero-order valence-corrected chi connectivity index (χ0v) is 5.76. The van der Waals surface area contributed by atoms with Gasteiger partial charge in [-0.2, -0.15) is 0 Å². The molecular formula is C5H7ClN2O. The van der Waals surface area contributed by atoms with Crippen LogP contribution in [0.2, 0.25) is 0 Å². The van der Waals surface area contributed by atoms with Crippen molar-refractivity contribution in [2.24, 2.45) is 0 Å². The Morgan fingerprint density at radius 2 is 1.89 bits per heavy atom. The van der Waals surface area contributed by atoms with Crippen LogP contribution in [0.15, 0.2) is 18.5 Å². The summed E-state index contributed by atoms with van der Waals surface area (Å²) in [6, 6.07) is 2.15. The van der Waals surface area contributed by atoms with E-state index in [1.807, 2.05) is 0 Å². The summed E-state index contributed by atoms with van der Waals surface area (Å²) in [4.78, 5) is 7.53. The third kappa shape index (κ3) is 2.28. The van der Waals surface area contributed by atoms with E-state index < -0.39 is 0 Å². The fraction of sp³-hybridized carbons (Fsp3) is 0.200. The molecule has 1 aromatic rings. The van der Waals surface area contributed by atoms with Crippen LogP contribution in [0.25, 0.3) is 0 Å². The summed E-state index contributed by atoms with van der Waals surface area (Å²) >= 11 is 0. The molecule has 0 saturated heterocycles. The Hall–Kier alpha value is -0.830. The molecule has 50 valence electrons. The third-order valence-electron chi connectivity index (χ3n) is 0.725. The number of halogens is 1. The van der Waals surface area contributed by atoms with E-state index in [9.17, 15) is 0 Å². The van der Waals surface area contributed by atoms with Crippen LogP contribution in [0.1, 0.15) is 0 Å². The molecule has 0 amide bonds. The van der Waals surface area contributed by atoms with Gasteiger partial charge in [0.1, 0.15) is 0 Å². The number of ether oxygens (including phenoxy) is 1. The Labute approximate surface area is 59.5 Å². The quantitative estimate of drug-likeness (QED) is 0.591. The van der Waals surface area contributed by atoms with E-state index in [0.717, 1.165) is 0 Å². The average Bonchev–Trinajstić information content (AvgIpc) is 1.90. The molecule has 0 N–H and O–H groups in total. The lowest BCUT2D eigenvalue weighted by Gasteiger charge is -1.90. The van der Waals surface area contributed by atoms with Crippen molar-refractivity contribution in [2.45, 2.75) is 0 Å². The van der Waals surface area contributed by atoms with Crippen molar-refractivity contribution < 1.29 is 4.74 Å². The topological polar surface area (TPSA) is 35.0 Å². The lowest BCUT2D eigenvalue weighted by molar-refractivity contribution is 0.379. The normalized spacial score (nSPS) is 7.67. The highest BCUT2D eigenvalue weighted by atomic mass is 35.5. The van der Waals surface area contributed by atoms with E-state index in [2.05, 4.69) is 9.97 Å². The highest BCUT2D eigenvalue weighted by molar-refractivity contribution is 5.85. The van der Waals surface area contributed by atoms with Crippen LogP contribution in [0, 0.1) is 0 Å². The fourth-order valence-corrected chi connectivity index (χ4v) is 0.391. The van der Waals surface area contributed by atoms with Gasteiger partial charge in [-0.3, -0.25) is 0 Å². The lowest BCUT2D eigenvalue weighted by atomic mass is 10.7. The number of hydrogen-bond acceptors (Lipinski definition) is 3. The van der Waals surface area contributed by atoms with Crippen molar-refractivity contribution in [3.8, 4) is 6.01 Å². The Kier molecular flexibility index (Phi) is 3.71. The first-order chi connectivity index (χ1) is 3.93. The second kappa shape index (κ2) is 4.09. The minimum Gasteiger partial charge on any atom is -0.467 e. The third-order valence-corrected chi connectivity index (χ3v) is 0.725. The molecule has 3 nitrogen and oxygen atoms in total. The van der Waals surface area contributed by atoms with Gasteiger partial charge in [-0.15, -0.1) is 12.4 Å². The number of hydrogen-bond donors (Lipinski definition) is 0. The molecule has 0 aliphatic carbocycles. The minimum atomic E-state index is 0. The van der Waals surface area contributed by atoms with Gasteiger partial charge < -0.3 is 4.74 Å². The summed E-state index contributed by atoms with van der Waals surface area (Å²) in [6.07, 6.45) is 3.26. The number of nitrogens with zero attached hydrogens (tertiary/aromatic N) is 2. The van der Waals surface area contributed by atoms with Crippen LogP contribution in [0.5, 0.6) is 6.01 Å². The van der Waals surface area contributed by atoms with Crippen LogP contribution in [0.4, 0.5) is 0 Å². The predicted octanol–water partition coefficient (Wildman–Crippen LogP) is 0.907. The molecule has 0 radical (unpaired) electrons. The molecule has 1 heterocycles. The maximum atomic E-state index is 4.69. The molecule has 0 atom stereocenters. The van der Waals surface area contributed by atoms with Gasteiger partial charge in [0, 0.05) is 12.4 Å².